The molecule has 35 heavy (non-hydrogen) atoms. The van der Waals surface area contributed by atoms with Gasteiger partial charge in [0, 0.05) is 13.6 Å². The highest BCUT2D eigenvalue weighted by atomic mass is 16.6. The molecule has 0 saturated heterocycles. The molecule has 2 saturated carbocycles. The SMILES string of the molecule is Cc1nc(-c2onc(C)c2COC(=O)N(C)CC2CCCC2)ccc1O[C@H]1CCC[C@H](C(=O)O)C1. The van der Waals surface area contributed by atoms with Crippen molar-refractivity contribution in [1.29, 1.82) is 0 Å². The Kier molecular flexibility index (Phi) is 7.93. The van der Waals surface area contributed by atoms with Crippen molar-refractivity contribution in [1.82, 2.24) is 15.0 Å². The quantitative estimate of drug-likeness (QED) is 0.547. The number of aliphatic carboxylic acids is 1. The van der Waals surface area contributed by atoms with Gasteiger partial charge in [-0.3, -0.25) is 4.79 Å². The van der Waals surface area contributed by atoms with E-state index in [9.17, 15) is 14.7 Å². The third-order valence-corrected chi connectivity index (χ3v) is 7.18. The number of aryl methyl sites for hydroxylation is 2. The first-order valence-corrected chi connectivity index (χ1v) is 12.5. The van der Waals surface area contributed by atoms with Gasteiger partial charge in [0.05, 0.1) is 29.0 Å². The molecule has 2 heterocycles. The third kappa shape index (κ3) is 6.13. The van der Waals surface area contributed by atoms with Crippen LogP contribution in [0, 0.1) is 25.7 Å². The number of carbonyl (C=O) groups excluding carboxylic acids is 1. The molecule has 2 fully saturated rings. The van der Waals surface area contributed by atoms with Crippen molar-refractivity contribution in [2.75, 3.05) is 13.6 Å². The summed E-state index contributed by atoms with van der Waals surface area (Å²) >= 11 is 0. The second kappa shape index (κ2) is 11.1. The summed E-state index contributed by atoms with van der Waals surface area (Å²) in [6, 6.07) is 3.61. The van der Waals surface area contributed by atoms with Crippen molar-refractivity contribution < 1.29 is 28.7 Å². The molecule has 4 rings (SSSR count). The molecule has 0 aromatic carbocycles. The monoisotopic (exact) mass is 485 g/mol. The summed E-state index contributed by atoms with van der Waals surface area (Å²) in [5.41, 5.74) is 2.58. The first kappa shape index (κ1) is 25.0. The lowest BCUT2D eigenvalue weighted by molar-refractivity contribution is -0.143. The van der Waals surface area contributed by atoms with Gasteiger partial charge in [0.25, 0.3) is 0 Å². The van der Waals surface area contributed by atoms with Gasteiger partial charge < -0.3 is 24.0 Å². The van der Waals surface area contributed by atoms with Gasteiger partial charge in [0.1, 0.15) is 18.1 Å². The Hall–Kier alpha value is -3.10. The number of carboxylic acid groups (broad SMARTS) is 1. The van der Waals surface area contributed by atoms with Crippen molar-refractivity contribution in [3.05, 3.63) is 29.1 Å². The molecule has 2 atom stereocenters. The zero-order valence-corrected chi connectivity index (χ0v) is 20.8. The summed E-state index contributed by atoms with van der Waals surface area (Å²) in [4.78, 5) is 30.2. The molecule has 1 amide bonds. The second-order valence-electron chi connectivity index (χ2n) is 9.88. The number of carbonyl (C=O) groups is 2. The van der Waals surface area contributed by atoms with Crippen LogP contribution in [0.5, 0.6) is 5.75 Å². The molecule has 0 spiro atoms. The molecule has 0 bridgehead atoms. The second-order valence-corrected chi connectivity index (χ2v) is 9.88. The standard InChI is InChI=1S/C26H35N3O6/c1-16-21(15-33-26(32)29(3)14-18-7-4-5-8-18)24(35-28-16)22-11-12-23(17(2)27-22)34-20-10-6-9-19(13-20)25(30)31/h11-12,18-20H,4-10,13-15H2,1-3H3,(H,30,31)/t19-,20-/m0/s1. The van der Waals surface area contributed by atoms with Crippen molar-refractivity contribution in [3.63, 3.8) is 0 Å². The maximum atomic E-state index is 12.5. The molecule has 0 radical (unpaired) electrons. The van der Waals surface area contributed by atoms with Crippen molar-refractivity contribution >= 4 is 12.1 Å². The van der Waals surface area contributed by atoms with Crippen LogP contribution in [0.15, 0.2) is 16.7 Å². The lowest BCUT2D eigenvalue weighted by Crippen LogP contribution is -2.31. The maximum Gasteiger partial charge on any atom is 0.409 e. The van der Waals surface area contributed by atoms with Crippen LogP contribution in [0.3, 0.4) is 0 Å². The Bertz CT molecular complexity index is 1050. The van der Waals surface area contributed by atoms with E-state index in [1.807, 2.05) is 19.9 Å². The number of amides is 1. The van der Waals surface area contributed by atoms with Crippen LogP contribution >= 0.6 is 0 Å². The van der Waals surface area contributed by atoms with Crippen LogP contribution in [-0.4, -0.2) is 51.9 Å². The number of ether oxygens (including phenoxy) is 2. The van der Waals surface area contributed by atoms with Crippen LogP contribution in [0.4, 0.5) is 4.79 Å². The number of hydrogen-bond donors (Lipinski definition) is 1. The molecule has 2 aromatic heterocycles. The van der Waals surface area contributed by atoms with Crippen LogP contribution in [0.2, 0.25) is 0 Å². The first-order valence-electron chi connectivity index (χ1n) is 12.5. The van der Waals surface area contributed by atoms with Gasteiger partial charge in [-0.25, -0.2) is 9.78 Å². The van der Waals surface area contributed by atoms with Gasteiger partial charge in [-0.2, -0.15) is 0 Å². The van der Waals surface area contributed by atoms with Crippen LogP contribution in [-0.2, 0) is 16.1 Å². The van der Waals surface area contributed by atoms with Crippen molar-refractivity contribution in [2.24, 2.45) is 11.8 Å². The van der Waals surface area contributed by atoms with E-state index in [1.54, 1.807) is 18.0 Å². The lowest BCUT2D eigenvalue weighted by atomic mass is 9.87. The van der Waals surface area contributed by atoms with Crippen molar-refractivity contribution in [2.45, 2.75) is 77.9 Å². The summed E-state index contributed by atoms with van der Waals surface area (Å²) in [5.74, 6) is 0.523. The molecular weight excluding hydrogens is 450 g/mol. The fourth-order valence-electron chi connectivity index (χ4n) is 5.11. The molecule has 190 valence electrons. The zero-order valence-electron chi connectivity index (χ0n) is 20.8. The number of aromatic nitrogens is 2. The zero-order chi connectivity index (χ0) is 24.9. The minimum Gasteiger partial charge on any atom is -0.489 e. The van der Waals surface area contributed by atoms with Gasteiger partial charge in [0.2, 0.25) is 0 Å². The highest BCUT2D eigenvalue weighted by molar-refractivity contribution is 5.70. The average molecular weight is 486 g/mol. The molecule has 9 heteroatoms. The molecule has 0 aliphatic heterocycles. The van der Waals surface area contributed by atoms with E-state index < -0.39 is 5.97 Å². The molecule has 2 aliphatic carbocycles. The van der Waals surface area contributed by atoms with E-state index in [4.69, 9.17) is 14.0 Å². The van der Waals surface area contributed by atoms with Gasteiger partial charge in [-0.05, 0) is 70.4 Å². The summed E-state index contributed by atoms with van der Waals surface area (Å²) in [6.45, 7) is 4.42. The average Bonchev–Trinajstić information content (AvgIpc) is 3.48. The fraction of sp³-hybridized carbons (Fsp3) is 0.615. The maximum absolute atomic E-state index is 12.5. The Morgan fingerprint density at radius 2 is 1.89 bits per heavy atom. The van der Waals surface area contributed by atoms with Gasteiger partial charge in [-0.1, -0.05) is 18.0 Å². The van der Waals surface area contributed by atoms with Gasteiger partial charge >= 0.3 is 12.1 Å². The minimum atomic E-state index is -0.762. The van der Waals surface area contributed by atoms with E-state index in [0.29, 0.717) is 59.5 Å². The summed E-state index contributed by atoms with van der Waals surface area (Å²) < 4.78 is 17.2. The first-order chi connectivity index (χ1) is 16.8. The van der Waals surface area contributed by atoms with Gasteiger partial charge in [0.15, 0.2) is 5.76 Å². The molecule has 2 aliphatic rings. The molecule has 1 N–H and O–H groups in total. The van der Waals surface area contributed by atoms with E-state index in [0.717, 1.165) is 25.7 Å². The van der Waals surface area contributed by atoms with Crippen LogP contribution in [0.1, 0.15) is 68.3 Å². The Labute approximate surface area is 205 Å². The van der Waals surface area contributed by atoms with Crippen molar-refractivity contribution in [3.8, 4) is 17.2 Å². The topological polar surface area (TPSA) is 115 Å². The van der Waals surface area contributed by atoms with Gasteiger partial charge in [-0.15, -0.1) is 0 Å². The normalized spacial score (nSPS) is 20.5. The van der Waals surface area contributed by atoms with Crippen LogP contribution < -0.4 is 4.74 Å². The van der Waals surface area contributed by atoms with E-state index in [-0.39, 0.29) is 24.7 Å². The van der Waals surface area contributed by atoms with Crippen LogP contribution in [0.25, 0.3) is 11.5 Å². The largest absolute Gasteiger partial charge is 0.489 e. The Morgan fingerprint density at radius 1 is 1.11 bits per heavy atom. The third-order valence-electron chi connectivity index (χ3n) is 7.18. The highest BCUT2D eigenvalue weighted by Crippen LogP contribution is 2.32. The number of pyridine rings is 1. The summed E-state index contributed by atoms with van der Waals surface area (Å²) in [7, 11) is 1.77. The summed E-state index contributed by atoms with van der Waals surface area (Å²) in [6.07, 6.45) is 7.16. The van der Waals surface area contributed by atoms with E-state index in [2.05, 4.69) is 10.1 Å². The number of nitrogens with zero attached hydrogens (tertiary/aromatic N) is 3. The van der Waals surface area contributed by atoms with E-state index in [1.165, 1.54) is 12.8 Å². The highest BCUT2D eigenvalue weighted by Gasteiger charge is 2.29. The Balaban J connectivity index is 1.40. The molecule has 9 nitrogen and oxygen atoms in total. The molecular formula is C26H35N3O6. The minimum absolute atomic E-state index is 0.0517. The fourth-order valence-corrected chi connectivity index (χ4v) is 5.11. The number of rotatable bonds is 8. The number of hydrogen-bond acceptors (Lipinski definition) is 7. The predicted molar refractivity (Wildman–Crippen MR) is 128 cm³/mol. The Morgan fingerprint density at radius 3 is 2.60 bits per heavy atom. The predicted octanol–water partition coefficient (Wildman–Crippen LogP) is 5.13. The summed E-state index contributed by atoms with van der Waals surface area (Å²) in [5, 5.41) is 13.4. The lowest BCUT2D eigenvalue weighted by Gasteiger charge is -2.27. The number of carboxylic acids is 1. The smallest absolute Gasteiger partial charge is 0.409 e. The van der Waals surface area contributed by atoms with E-state index >= 15 is 0 Å². The molecule has 0 unspecified atom stereocenters. The molecule has 2 aromatic rings.